The molecule has 0 heterocycles. The van der Waals surface area contributed by atoms with E-state index in [1.54, 1.807) is 26.4 Å². The molecule has 0 saturated carbocycles. The molecule has 5 rings (SSSR count). The average Bonchev–Trinajstić information content (AvgIpc) is 3.22. The van der Waals surface area contributed by atoms with Gasteiger partial charge >= 0.3 is 5.97 Å². The van der Waals surface area contributed by atoms with Gasteiger partial charge in [0.1, 0.15) is 18.8 Å². The number of esters is 1. The summed E-state index contributed by atoms with van der Waals surface area (Å²) in [6.45, 7) is 14.2. The molecule has 0 aromatic heterocycles. The minimum Gasteiger partial charge on any atom is -0.459 e. The second kappa shape index (κ2) is 20.8. The molecule has 2 unspecified atom stereocenters. The molecular weight excluding hydrogens is 733 g/mol. The maximum atomic E-state index is 12.4. The molecule has 0 fully saturated rings. The maximum Gasteiger partial charge on any atom is 0.338 e. The largest absolute Gasteiger partial charge is 0.459 e. The predicted octanol–water partition coefficient (Wildman–Crippen LogP) is 7.01. The molecular formula is C47H60O7Si2. The van der Waals surface area contributed by atoms with Gasteiger partial charge < -0.3 is 28.2 Å². The first kappa shape index (κ1) is 44.5. The third kappa shape index (κ3) is 10.8. The molecule has 0 aliphatic heterocycles. The lowest BCUT2D eigenvalue weighted by Crippen LogP contribution is -2.67. The van der Waals surface area contributed by atoms with E-state index < -0.39 is 16.6 Å². The zero-order valence-corrected chi connectivity index (χ0v) is 36.3. The molecule has 2 atom stereocenters. The van der Waals surface area contributed by atoms with Crippen LogP contribution in [-0.4, -0.2) is 80.6 Å². The molecule has 0 spiro atoms. The molecule has 0 saturated heterocycles. The van der Waals surface area contributed by atoms with Crippen molar-refractivity contribution in [1.82, 2.24) is 0 Å². The Bertz CT molecular complexity index is 1760. The number of benzene rings is 5. The third-order valence-corrected chi connectivity index (χ3v) is 20.1. The number of carbonyl (C=O) groups excluding carboxylic acids is 1. The fourth-order valence-corrected chi connectivity index (χ4v) is 16.3. The van der Waals surface area contributed by atoms with Gasteiger partial charge in [0.2, 0.25) is 0 Å². The zero-order valence-electron chi connectivity index (χ0n) is 34.3. The Kier molecular flexibility index (Phi) is 16.5. The van der Waals surface area contributed by atoms with Crippen molar-refractivity contribution < 1.29 is 33.0 Å². The standard InChI is InChI=1S/C27H32O4Si.C20H28O3Si/c1-27(2,3)32(24-16-10-6-11-17-24,25-18-12-7-13-19-25)31-21-23(29-4)20-30-26(28)22-14-8-5-9-15-22;1-20(2,3)24(18-11-7-5-8-12-18,19-13-9-6-10-14-19)23-16-17(15-21)22-4/h5-19,23H,20-21H2,1-4H3;5-14,17,21H,15-16H2,1-4H3. The number of aliphatic hydroxyl groups is 1. The predicted molar refractivity (Wildman–Crippen MR) is 233 cm³/mol. The average molecular weight is 793 g/mol. The fourth-order valence-electron chi connectivity index (χ4n) is 7.16. The van der Waals surface area contributed by atoms with Gasteiger partial charge in [-0.05, 0) is 43.0 Å². The normalized spacial score (nSPS) is 13.2. The van der Waals surface area contributed by atoms with Gasteiger partial charge in [-0.15, -0.1) is 0 Å². The lowest BCUT2D eigenvalue weighted by molar-refractivity contribution is -0.00781. The summed E-state index contributed by atoms with van der Waals surface area (Å²) < 4.78 is 30.0. The van der Waals surface area contributed by atoms with Crippen molar-refractivity contribution >= 4 is 43.4 Å². The number of ether oxygens (including phenoxy) is 3. The van der Waals surface area contributed by atoms with Crippen molar-refractivity contribution in [3.8, 4) is 0 Å². The summed E-state index contributed by atoms with van der Waals surface area (Å²) in [5, 5.41) is 14.2. The Balaban J connectivity index is 0.000000259. The van der Waals surface area contributed by atoms with Crippen LogP contribution in [0.5, 0.6) is 0 Å². The summed E-state index contributed by atoms with van der Waals surface area (Å²) in [4.78, 5) is 12.4. The first-order valence-electron chi connectivity index (χ1n) is 19.2. The second-order valence-electron chi connectivity index (χ2n) is 15.8. The highest BCUT2D eigenvalue weighted by molar-refractivity contribution is 7.00. The topological polar surface area (TPSA) is 83.5 Å². The SMILES string of the molecule is COC(CO)CO[Si](c1ccccc1)(c1ccccc1)C(C)(C)C.COC(COC(=O)c1ccccc1)CO[Si](c1ccccc1)(c1ccccc1)C(C)(C)C. The highest BCUT2D eigenvalue weighted by atomic mass is 28.4. The Morgan fingerprint density at radius 2 is 0.804 bits per heavy atom. The van der Waals surface area contributed by atoms with E-state index in [1.165, 1.54) is 20.7 Å². The molecule has 0 amide bonds. The van der Waals surface area contributed by atoms with E-state index in [9.17, 15) is 9.90 Å². The molecule has 5 aromatic carbocycles. The van der Waals surface area contributed by atoms with Crippen molar-refractivity contribution in [2.75, 3.05) is 40.6 Å². The second-order valence-corrected chi connectivity index (χ2v) is 24.4. The third-order valence-electron chi connectivity index (χ3n) is 10.1. The number of hydrogen-bond donors (Lipinski definition) is 1. The van der Waals surface area contributed by atoms with E-state index in [4.69, 9.17) is 23.1 Å². The van der Waals surface area contributed by atoms with Crippen molar-refractivity contribution in [3.05, 3.63) is 157 Å². The molecule has 0 bridgehead atoms. The van der Waals surface area contributed by atoms with E-state index in [1.807, 2.05) is 42.5 Å². The van der Waals surface area contributed by atoms with Crippen molar-refractivity contribution in [2.45, 2.75) is 63.8 Å². The molecule has 5 aromatic rings. The first-order chi connectivity index (χ1) is 26.8. The molecule has 56 heavy (non-hydrogen) atoms. The quantitative estimate of drug-likeness (QED) is 0.0852. The number of methoxy groups -OCH3 is 2. The lowest BCUT2D eigenvalue weighted by Gasteiger charge is -2.43. The lowest BCUT2D eigenvalue weighted by atomic mass is 10.2. The Morgan fingerprint density at radius 1 is 0.500 bits per heavy atom. The van der Waals surface area contributed by atoms with Gasteiger partial charge in [-0.1, -0.05) is 181 Å². The van der Waals surface area contributed by atoms with Gasteiger partial charge in [-0.25, -0.2) is 4.79 Å². The van der Waals surface area contributed by atoms with Gasteiger partial charge in [0, 0.05) is 14.2 Å². The molecule has 0 aliphatic carbocycles. The fraction of sp³-hybridized carbons (Fsp3) is 0.340. The van der Waals surface area contributed by atoms with Crippen molar-refractivity contribution in [3.63, 3.8) is 0 Å². The number of aliphatic hydroxyl groups excluding tert-OH is 1. The van der Waals surface area contributed by atoms with Crippen LogP contribution >= 0.6 is 0 Å². The van der Waals surface area contributed by atoms with E-state index in [-0.39, 0.29) is 41.5 Å². The molecule has 0 aliphatic rings. The molecule has 1 N–H and O–H groups in total. The van der Waals surface area contributed by atoms with Crippen molar-refractivity contribution in [1.29, 1.82) is 0 Å². The summed E-state index contributed by atoms with van der Waals surface area (Å²) >= 11 is 0. The Hall–Kier alpha value is -4.20. The number of carbonyl (C=O) groups is 1. The van der Waals surface area contributed by atoms with Gasteiger partial charge in [0.15, 0.2) is 0 Å². The van der Waals surface area contributed by atoms with Crippen LogP contribution in [-0.2, 0) is 23.1 Å². The Labute approximate surface area is 336 Å². The summed E-state index contributed by atoms with van der Waals surface area (Å²) in [5.74, 6) is -0.363. The summed E-state index contributed by atoms with van der Waals surface area (Å²) in [5.41, 5.74) is 0.523. The maximum absolute atomic E-state index is 12.4. The summed E-state index contributed by atoms with van der Waals surface area (Å²) in [6.07, 6.45) is -0.684. The van der Waals surface area contributed by atoms with E-state index in [0.29, 0.717) is 18.8 Å². The van der Waals surface area contributed by atoms with Crippen LogP contribution in [0.2, 0.25) is 10.1 Å². The monoisotopic (exact) mass is 792 g/mol. The number of hydrogen-bond acceptors (Lipinski definition) is 7. The highest BCUT2D eigenvalue weighted by Gasteiger charge is 2.51. The smallest absolute Gasteiger partial charge is 0.338 e. The van der Waals surface area contributed by atoms with Crippen LogP contribution in [0.1, 0.15) is 51.9 Å². The van der Waals surface area contributed by atoms with Gasteiger partial charge in [0.25, 0.3) is 16.6 Å². The molecule has 0 radical (unpaired) electrons. The van der Waals surface area contributed by atoms with Crippen LogP contribution in [0.3, 0.4) is 0 Å². The van der Waals surface area contributed by atoms with Crippen LogP contribution < -0.4 is 20.7 Å². The van der Waals surface area contributed by atoms with E-state index in [2.05, 4.69) is 139 Å². The molecule has 298 valence electrons. The first-order valence-corrected chi connectivity index (χ1v) is 23.0. The van der Waals surface area contributed by atoms with Gasteiger partial charge in [-0.3, -0.25) is 0 Å². The van der Waals surface area contributed by atoms with Crippen LogP contribution in [0.15, 0.2) is 152 Å². The molecule has 9 heteroatoms. The Morgan fingerprint density at radius 3 is 1.09 bits per heavy atom. The van der Waals surface area contributed by atoms with E-state index in [0.717, 1.165) is 0 Å². The molecule has 7 nitrogen and oxygen atoms in total. The van der Waals surface area contributed by atoms with Gasteiger partial charge in [0.05, 0.1) is 25.4 Å². The zero-order chi connectivity index (χ0) is 40.7. The van der Waals surface area contributed by atoms with Crippen molar-refractivity contribution in [2.24, 2.45) is 0 Å². The highest BCUT2D eigenvalue weighted by Crippen LogP contribution is 2.38. The summed E-state index contributed by atoms with van der Waals surface area (Å²) in [7, 11) is -1.98. The number of rotatable bonds is 16. The van der Waals surface area contributed by atoms with Crippen LogP contribution in [0.4, 0.5) is 0 Å². The minimum atomic E-state index is -2.67. The van der Waals surface area contributed by atoms with Crippen LogP contribution in [0.25, 0.3) is 0 Å². The summed E-state index contributed by atoms with van der Waals surface area (Å²) in [6, 6.07) is 50.8. The van der Waals surface area contributed by atoms with Crippen LogP contribution in [0, 0.1) is 0 Å². The van der Waals surface area contributed by atoms with E-state index >= 15 is 0 Å². The van der Waals surface area contributed by atoms with Gasteiger partial charge in [-0.2, -0.15) is 0 Å². The minimum absolute atomic E-state index is 0.0469.